The molecule has 2 aromatic heterocycles. The zero-order valence-corrected chi connectivity index (χ0v) is 29.0. The van der Waals surface area contributed by atoms with Gasteiger partial charge in [0, 0.05) is 68.1 Å². The van der Waals surface area contributed by atoms with E-state index in [-0.39, 0.29) is 18.6 Å². The minimum atomic E-state index is -0.00931. The molecule has 2 aliphatic carbocycles. The van der Waals surface area contributed by atoms with E-state index in [1.165, 1.54) is 0 Å². The minimum absolute atomic E-state index is 0.00765. The number of amides is 1. The Bertz CT molecular complexity index is 1850. The predicted molar refractivity (Wildman–Crippen MR) is 195 cm³/mol. The summed E-state index contributed by atoms with van der Waals surface area (Å²) >= 11 is 0. The number of methoxy groups -OCH3 is 2. The first-order chi connectivity index (χ1) is 24.7. The first kappa shape index (κ1) is 34.3. The zero-order valence-electron chi connectivity index (χ0n) is 29.0. The number of ether oxygens (including phenoxy) is 4. The number of fused-ring (bicyclic) bond motifs is 2. The van der Waals surface area contributed by atoms with Crippen molar-refractivity contribution in [2.24, 2.45) is 35.1 Å². The molecule has 8 N–H and O–H groups in total. The van der Waals surface area contributed by atoms with Crippen LogP contribution in [0.4, 0.5) is 11.6 Å². The van der Waals surface area contributed by atoms with E-state index in [0.29, 0.717) is 59.5 Å². The first-order valence-corrected chi connectivity index (χ1v) is 17.3. The molecule has 4 unspecified atom stereocenters. The number of likely N-dealkylation sites (tertiary alicyclic amines) is 2. The van der Waals surface area contributed by atoms with Crippen LogP contribution in [0.25, 0.3) is 22.5 Å². The lowest BCUT2D eigenvalue weighted by Crippen LogP contribution is -2.37. The van der Waals surface area contributed by atoms with Gasteiger partial charge in [0.25, 0.3) is 5.91 Å². The highest BCUT2D eigenvalue weighted by Crippen LogP contribution is 2.44. The van der Waals surface area contributed by atoms with E-state index in [9.17, 15) is 4.79 Å². The Labute approximate surface area is 297 Å². The van der Waals surface area contributed by atoms with Crippen LogP contribution in [0.5, 0.6) is 23.0 Å². The molecule has 0 spiro atoms. The molecular weight excluding hydrogens is 648 g/mol. The third-order valence-corrected chi connectivity index (χ3v) is 10.4. The predicted octanol–water partition coefficient (Wildman–Crippen LogP) is 2.74. The van der Waals surface area contributed by atoms with Gasteiger partial charge in [0.05, 0.1) is 25.6 Å². The van der Waals surface area contributed by atoms with Crippen LogP contribution < -0.4 is 41.9 Å². The van der Waals surface area contributed by atoms with Gasteiger partial charge < -0.3 is 46.8 Å². The number of carbonyl (C=O) groups excluding carboxylic acids is 1. The van der Waals surface area contributed by atoms with Gasteiger partial charge in [-0.3, -0.25) is 9.69 Å². The maximum Gasteiger partial charge on any atom is 0.260 e. The minimum Gasteiger partial charge on any atom is -0.496 e. The monoisotopic (exact) mass is 694 g/mol. The van der Waals surface area contributed by atoms with Crippen LogP contribution in [0.15, 0.2) is 72.8 Å². The normalized spacial score (nSPS) is 24.1. The summed E-state index contributed by atoms with van der Waals surface area (Å²) in [5.41, 5.74) is 26.6. The average Bonchev–Trinajstić information content (AvgIpc) is 3.69. The van der Waals surface area contributed by atoms with Crippen molar-refractivity contribution >= 4 is 17.5 Å². The summed E-state index contributed by atoms with van der Waals surface area (Å²) in [6.45, 7) is 5.31. The summed E-state index contributed by atoms with van der Waals surface area (Å²) in [4.78, 5) is 25.2. The molecule has 13 nitrogen and oxygen atoms in total. The second kappa shape index (κ2) is 14.6. The third kappa shape index (κ3) is 7.65. The summed E-state index contributed by atoms with van der Waals surface area (Å²) in [7, 11) is 3.23. The molecule has 8 rings (SSSR count). The Kier molecular flexibility index (Phi) is 9.85. The van der Waals surface area contributed by atoms with Gasteiger partial charge in [0.2, 0.25) is 0 Å². The second-order valence-corrected chi connectivity index (χ2v) is 13.6. The van der Waals surface area contributed by atoms with Crippen molar-refractivity contribution in [3.8, 4) is 45.5 Å². The van der Waals surface area contributed by atoms with Crippen LogP contribution in [0.2, 0.25) is 0 Å². The topological polar surface area (TPSA) is 190 Å². The molecule has 0 radical (unpaired) electrons. The van der Waals surface area contributed by atoms with Gasteiger partial charge in [-0.2, -0.15) is 0 Å². The Hall–Kier alpha value is -5.11. The molecule has 13 heteroatoms. The quantitative estimate of drug-likeness (QED) is 0.180. The Morgan fingerprint density at radius 1 is 0.706 bits per heavy atom. The average molecular weight is 695 g/mol. The molecule has 0 bridgehead atoms. The molecule has 2 saturated heterocycles. The molecule has 2 aliphatic heterocycles. The Morgan fingerprint density at radius 2 is 1.20 bits per heavy atom. The van der Waals surface area contributed by atoms with Crippen molar-refractivity contribution in [3.05, 3.63) is 72.8 Å². The Balaban J connectivity index is 0.000000159. The van der Waals surface area contributed by atoms with Crippen molar-refractivity contribution < 1.29 is 23.7 Å². The summed E-state index contributed by atoms with van der Waals surface area (Å²) in [5, 5.41) is 0. The molecule has 4 heterocycles. The standard InChI is InChI=1S/C19H22N4O3.C19H24N4O2/c1-25-16-7-11(5-6-12(16)15-3-2-4-17(20)22-15)26-10-18(24)23-8-13-14(9-23)19(13)21;1-24-17-9-12(5-6-13(17)16-3-2-4-18(20)22-16)25-8-7-23-10-14-15(11-23)19(14)21/h2-7,13-14,19H,8-10,21H2,1H3,(H2,20,22);2-6,9,14-15,19H,7-8,10-11,21H2,1H3,(H2,20,22). The van der Waals surface area contributed by atoms with Gasteiger partial charge in [-0.05, 0) is 72.2 Å². The van der Waals surface area contributed by atoms with Crippen LogP contribution in [-0.2, 0) is 4.79 Å². The van der Waals surface area contributed by atoms with Crippen LogP contribution in [0, 0.1) is 23.7 Å². The number of nitrogens with two attached hydrogens (primary N) is 4. The van der Waals surface area contributed by atoms with Crippen LogP contribution in [0.3, 0.4) is 0 Å². The van der Waals surface area contributed by atoms with Gasteiger partial charge in [0.15, 0.2) is 6.61 Å². The molecule has 4 atom stereocenters. The van der Waals surface area contributed by atoms with E-state index in [0.717, 1.165) is 66.7 Å². The van der Waals surface area contributed by atoms with Crippen molar-refractivity contribution in [1.29, 1.82) is 0 Å². The molecule has 51 heavy (non-hydrogen) atoms. The molecule has 268 valence electrons. The third-order valence-electron chi connectivity index (χ3n) is 10.4. The Morgan fingerprint density at radius 3 is 1.69 bits per heavy atom. The fourth-order valence-electron chi connectivity index (χ4n) is 7.30. The number of rotatable bonds is 11. The number of nitrogen functional groups attached to an aromatic ring is 2. The number of nitrogens with zero attached hydrogens (tertiary/aromatic N) is 4. The van der Waals surface area contributed by atoms with Crippen LogP contribution in [0.1, 0.15) is 0 Å². The number of aromatic nitrogens is 2. The number of piperidine rings is 2. The number of carbonyl (C=O) groups is 1. The van der Waals surface area contributed by atoms with Crippen molar-refractivity contribution in [2.75, 3.05) is 71.6 Å². The van der Waals surface area contributed by atoms with Crippen LogP contribution >= 0.6 is 0 Å². The largest absolute Gasteiger partial charge is 0.496 e. The highest BCUT2D eigenvalue weighted by Gasteiger charge is 2.54. The summed E-state index contributed by atoms with van der Waals surface area (Å²) in [6.07, 6.45) is 0. The van der Waals surface area contributed by atoms with Gasteiger partial charge in [0.1, 0.15) is 41.2 Å². The highest BCUT2D eigenvalue weighted by atomic mass is 16.5. The number of hydrogen-bond donors (Lipinski definition) is 4. The molecule has 1 amide bonds. The molecule has 4 aliphatic rings. The summed E-state index contributed by atoms with van der Waals surface area (Å²) in [5.74, 6) is 6.01. The maximum atomic E-state index is 12.3. The number of pyridine rings is 2. The first-order valence-electron chi connectivity index (χ1n) is 17.3. The fourth-order valence-corrected chi connectivity index (χ4v) is 7.30. The van der Waals surface area contributed by atoms with Crippen molar-refractivity contribution in [1.82, 2.24) is 19.8 Å². The molecule has 2 saturated carbocycles. The number of benzene rings is 2. The lowest BCUT2D eigenvalue weighted by molar-refractivity contribution is -0.132. The van der Waals surface area contributed by atoms with E-state index in [4.69, 9.17) is 41.9 Å². The number of hydrogen-bond acceptors (Lipinski definition) is 12. The van der Waals surface area contributed by atoms with Gasteiger partial charge >= 0.3 is 0 Å². The zero-order chi connectivity index (χ0) is 35.6. The SMILES string of the molecule is COc1cc(OCC(=O)N2CC3C(N)C3C2)ccc1-c1cccc(N)n1.COc1cc(OCCN2CC3C(N)C3C2)ccc1-c1cccc(N)n1. The fraction of sp³-hybridized carbons (Fsp3) is 0.395. The smallest absolute Gasteiger partial charge is 0.260 e. The van der Waals surface area contributed by atoms with E-state index in [1.54, 1.807) is 38.5 Å². The highest BCUT2D eigenvalue weighted by molar-refractivity contribution is 5.78. The maximum absolute atomic E-state index is 12.3. The van der Waals surface area contributed by atoms with Gasteiger partial charge in [-0.15, -0.1) is 0 Å². The molecular formula is C38H46N8O5. The van der Waals surface area contributed by atoms with E-state index >= 15 is 0 Å². The number of anilines is 2. The molecule has 2 aromatic carbocycles. The molecule has 4 aromatic rings. The lowest BCUT2D eigenvalue weighted by atomic mass is 10.1. The second-order valence-electron chi connectivity index (χ2n) is 13.6. The van der Waals surface area contributed by atoms with Crippen LogP contribution in [-0.4, -0.2) is 97.9 Å². The van der Waals surface area contributed by atoms with E-state index in [2.05, 4.69) is 14.9 Å². The van der Waals surface area contributed by atoms with Crippen molar-refractivity contribution in [3.63, 3.8) is 0 Å². The lowest BCUT2D eigenvalue weighted by Gasteiger charge is -2.19. The summed E-state index contributed by atoms with van der Waals surface area (Å²) in [6, 6.07) is 22.9. The van der Waals surface area contributed by atoms with Gasteiger partial charge in [-0.25, -0.2) is 9.97 Å². The van der Waals surface area contributed by atoms with E-state index < -0.39 is 0 Å². The summed E-state index contributed by atoms with van der Waals surface area (Å²) < 4.78 is 22.5. The van der Waals surface area contributed by atoms with Crippen molar-refractivity contribution in [2.45, 2.75) is 12.1 Å². The van der Waals surface area contributed by atoms with Gasteiger partial charge in [-0.1, -0.05) is 12.1 Å². The molecule has 4 fully saturated rings. The van der Waals surface area contributed by atoms with E-state index in [1.807, 2.05) is 53.4 Å².